The van der Waals surface area contributed by atoms with E-state index in [0.29, 0.717) is 12.1 Å². The van der Waals surface area contributed by atoms with Gasteiger partial charge < -0.3 is 15.6 Å². The van der Waals surface area contributed by atoms with Crippen molar-refractivity contribution in [2.75, 3.05) is 32.7 Å². The predicted octanol–water partition coefficient (Wildman–Crippen LogP) is 1.10. The maximum Gasteiger partial charge on any atom is 0.125 e. The fourth-order valence-corrected chi connectivity index (χ4v) is 2.90. The fourth-order valence-electron chi connectivity index (χ4n) is 2.90. The van der Waals surface area contributed by atoms with E-state index in [-0.39, 0.29) is 11.9 Å². The van der Waals surface area contributed by atoms with Crippen LogP contribution in [0.5, 0.6) is 0 Å². The van der Waals surface area contributed by atoms with Crippen LogP contribution in [-0.2, 0) is 6.54 Å². The van der Waals surface area contributed by atoms with Crippen molar-refractivity contribution in [3.05, 3.63) is 29.8 Å². The van der Waals surface area contributed by atoms with Gasteiger partial charge in [0, 0.05) is 44.8 Å². The van der Waals surface area contributed by atoms with Gasteiger partial charge in [-0.05, 0) is 19.1 Å². The SMILES string of the molecule is CC(CN)n1c(CN2CCNCC2)nc2cc(F)ccc21. The zero-order chi connectivity index (χ0) is 14.8. The number of piperazine rings is 1. The number of nitrogens with one attached hydrogen (secondary N) is 1. The molecule has 3 N–H and O–H groups in total. The van der Waals surface area contributed by atoms with Gasteiger partial charge in [0.2, 0.25) is 0 Å². The molecule has 0 aliphatic carbocycles. The molecule has 0 bridgehead atoms. The van der Waals surface area contributed by atoms with Gasteiger partial charge in [0.1, 0.15) is 11.6 Å². The third-order valence-electron chi connectivity index (χ3n) is 4.08. The van der Waals surface area contributed by atoms with E-state index in [1.165, 1.54) is 12.1 Å². The number of hydrogen-bond donors (Lipinski definition) is 2. The zero-order valence-electron chi connectivity index (χ0n) is 12.3. The Morgan fingerprint density at radius 3 is 2.86 bits per heavy atom. The van der Waals surface area contributed by atoms with Gasteiger partial charge in [-0.15, -0.1) is 0 Å². The van der Waals surface area contributed by atoms with E-state index < -0.39 is 0 Å². The number of rotatable bonds is 4. The highest BCUT2D eigenvalue weighted by molar-refractivity contribution is 5.76. The summed E-state index contributed by atoms with van der Waals surface area (Å²) in [5.41, 5.74) is 7.51. The highest BCUT2D eigenvalue weighted by atomic mass is 19.1. The van der Waals surface area contributed by atoms with E-state index in [0.717, 1.165) is 44.1 Å². The van der Waals surface area contributed by atoms with Crippen LogP contribution in [0.25, 0.3) is 11.0 Å². The van der Waals surface area contributed by atoms with Crippen molar-refractivity contribution in [2.45, 2.75) is 19.5 Å². The number of imidazole rings is 1. The summed E-state index contributed by atoms with van der Waals surface area (Å²) in [6.45, 7) is 7.41. The van der Waals surface area contributed by atoms with Crippen LogP contribution in [0.15, 0.2) is 18.2 Å². The number of hydrogen-bond acceptors (Lipinski definition) is 4. The van der Waals surface area contributed by atoms with Gasteiger partial charge in [0.05, 0.1) is 17.6 Å². The van der Waals surface area contributed by atoms with Crippen molar-refractivity contribution < 1.29 is 4.39 Å². The average Bonchev–Trinajstić information content (AvgIpc) is 2.84. The molecule has 1 aromatic carbocycles. The standard InChI is InChI=1S/C15H22FN5/c1-11(9-17)21-14-3-2-12(16)8-13(14)19-15(21)10-20-6-4-18-5-7-20/h2-3,8,11,18H,4-7,9-10,17H2,1H3. The highest BCUT2D eigenvalue weighted by Crippen LogP contribution is 2.22. The molecule has 21 heavy (non-hydrogen) atoms. The van der Waals surface area contributed by atoms with E-state index >= 15 is 0 Å². The van der Waals surface area contributed by atoms with Gasteiger partial charge in [0.25, 0.3) is 0 Å². The van der Waals surface area contributed by atoms with Crippen LogP contribution in [0.3, 0.4) is 0 Å². The van der Waals surface area contributed by atoms with Gasteiger partial charge >= 0.3 is 0 Å². The van der Waals surface area contributed by atoms with Crippen LogP contribution in [0.2, 0.25) is 0 Å². The zero-order valence-corrected chi connectivity index (χ0v) is 12.3. The smallest absolute Gasteiger partial charge is 0.125 e. The predicted molar refractivity (Wildman–Crippen MR) is 81.6 cm³/mol. The molecule has 1 saturated heterocycles. The Hall–Kier alpha value is -1.50. The number of nitrogens with two attached hydrogens (primary N) is 1. The third-order valence-corrected chi connectivity index (χ3v) is 4.08. The van der Waals surface area contributed by atoms with Crippen LogP contribution in [0, 0.1) is 5.82 Å². The first-order chi connectivity index (χ1) is 10.2. The van der Waals surface area contributed by atoms with Gasteiger partial charge in [-0.1, -0.05) is 0 Å². The number of aromatic nitrogens is 2. The summed E-state index contributed by atoms with van der Waals surface area (Å²) >= 11 is 0. The molecule has 0 radical (unpaired) electrons. The lowest BCUT2D eigenvalue weighted by atomic mass is 10.2. The molecule has 3 rings (SSSR count). The van der Waals surface area contributed by atoms with Crippen molar-refractivity contribution >= 4 is 11.0 Å². The van der Waals surface area contributed by atoms with E-state index in [1.54, 1.807) is 6.07 Å². The Balaban J connectivity index is 1.98. The summed E-state index contributed by atoms with van der Waals surface area (Å²) in [5, 5.41) is 3.34. The lowest BCUT2D eigenvalue weighted by Gasteiger charge is -2.27. The van der Waals surface area contributed by atoms with Crippen LogP contribution < -0.4 is 11.1 Å². The maximum atomic E-state index is 13.4. The fraction of sp³-hybridized carbons (Fsp3) is 0.533. The molecule has 1 atom stereocenters. The average molecular weight is 291 g/mol. The Morgan fingerprint density at radius 2 is 2.14 bits per heavy atom. The Bertz CT molecular complexity index is 618. The van der Waals surface area contributed by atoms with Crippen LogP contribution >= 0.6 is 0 Å². The molecule has 114 valence electrons. The molecule has 1 aliphatic rings. The second-order valence-electron chi connectivity index (χ2n) is 5.64. The lowest BCUT2D eigenvalue weighted by molar-refractivity contribution is 0.224. The minimum atomic E-state index is -0.249. The summed E-state index contributed by atoms with van der Waals surface area (Å²) in [4.78, 5) is 7.01. The Kier molecular flexibility index (Phi) is 4.19. The first kappa shape index (κ1) is 14.4. The second kappa shape index (κ2) is 6.09. The molecule has 1 aliphatic heterocycles. The minimum absolute atomic E-state index is 0.151. The maximum absolute atomic E-state index is 13.4. The van der Waals surface area contributed by atoms with Crippen molar-refractivity contribution in [2.24, 2.45) is 5.73 Å². The van der Waals surface area contributed by atoms with E-state index in [9.17, 15) is 4.39 Å². The van der Waals surface area contributed by atoms with Crippen LogP contribution in [0.1, 0.15) is 18.8 Å². The van der Waals surface area contributed by atoms with E-state index in [1.807, 2.05) is 0 Å². The molecule has 0 spiro atoms. The molecule has 2 heterocycles. The van der Waals surface area contributed by atoms with Crippen LogP contribution in [0.4, 0.5) is 4.39 Å². The van der Waals surface area contributed by atoms with Gasteiger partial charge in [0.15, 0.2) is 0 Å². The number of halogens is 1. The first-order valence-corrected chi connectivity index (χ1v) is 7.48. The molecule has 6 heteroatoms. The minimum Gasteiger partial charge on any atom is -0.328 e. The molecule has 0 saturated carbocycles. The topological polar surface area (TPSA) is 59.1 Å². The third kappa shape index (κ3) is 2.92. The van der Waals surface area contributed by atoms with Gasteiger partial charge in [-0.2, -0.15) is 0 Å². The second-order valence-corrected chi connectivity index (χ2v) is 5.64. The van der Waals surface area contributed by atoms with Crippen molar-refractivity contribution in [3.63, 3.8) is 0 Å². The molecule has 2 aromatic rings. The summed E-state index contributed by atoms with van der Waals surface area (Å²) in [6.07, 6.45) is 0. The monoisotopic (exact) mass is 291 g/mol. The van der Waals surface area contributed by atoms with Crippen molar-refractivity contribution in [1.82, 2.24) is 19.8 Å². The van der Waals surface area contributed by atoms with E-state index in [4.69, 9.17) is 5.73 Å². The Labute approximate surface area is 123 Å². The molecule has 5 nitrogen and oxygen atoms in total. The summed E-state index contributed by atoms with van der Waals surface area (Å²) in [7, 11) is 0. The molecular formula is C15H22FN5. The number of nitrogens with zero attached hydrogens (tertiary/aromatic N) is 3. The number of fused-ring (bicyclic) bond motifs is 1. The number of benzene rings is 1. The molecule has 1 aromatic heterocycles. The normalized spacial score (nSPS) is 18.2. The summed E-state index contributed by atoms with van der Waals surface area (Å²) < 4.78 is 15.6. The van der Waals surface area contributed by atoms with Crippen molar-refractivity contribution in [1.29, 1.82) is 0 Å². The van der Waals surface area contributed by atoms with Crippen LogP contribution in [-0.4, -0.2) is 47.2 Å². The molecular weight excluding hydrogens is 269 g/mol. The van der Waals surface area contributed by atoms with Gasteiger partial charge in [-0.25, -0.2) is 9.37 Å². The molecule has 0 amide bonds. The highest BCUT2D eigenvalue weighted by Gasteiger charge is 2.19. The molecule has 1 fully saturated rings. The lowest BCUT2D eigenvalue weighted by Crippen LogP contribution is -2.43. The Morgan fingerprint density at radius 1 is 1.38 bits per heavy atom. The molecule has 1 unspecified atom stereocenters. The van der Waals surface area contributed by atoms with Crippen molar-refractivity contribution in [3.8, 4) is 0 Å². The summed E-state index contributed by atoms with van der Waals surface area (Å²) in [5.74, 6) is 0.719. The first-order valence-electron chi connectivity index (χ1n) is 7.48. The van der Waals surface area contributed by atoms with Gasteiger partial charge in [-0.3, -0.25) is 4.90 Å². The quantitative estimate of drug-likeness (QED) is 0.885. The summed E-state index contributed by atoms with van der Waals surface area (Å²) in [6, 6.07) is 4.93. The van der Waals surface area contributed by atoms with E-state index in [2.05, 4.69) is 26.7 Å². The largest absolute Gasteiger partial charge is 0.328 e.